The molecular formula is C75H80O14. The van der Waals surface area contributed by atoms with Crippen molar-refractivity contribution in [2.24, 2.45) is 5.92 Å². The largest absolute Gasteiger partial charge is 0.432 e. The summed E-state index contributed by atoms with van der Waals surface area (Å²) in [7, 11) is 0. The molecule has 2 heterocycles. The second-order valence-electron chi connectivity index (χ2n) is 22.2. The van der Waals surface area contributed by atoms with E-state index in [4.69, 9.17) is 56.8 Å². The maximum absolute atomic E-state index is 15.4. The number of carbonyl (C=O) groups excluding carboxylic acids is 2. The first-order valence-corrected chi connectivity index (χ1v) is 30.8. The summed E-state index contributed by atoms with van der Waals surface area (Å²) >= 11 is 0. The molecule has 2 aliphatic heterocycles. The van der Waals surface area contributed by atoms with Crippen LogP contribution in [0.4, 0.5) is 0 Å². The minimum absolute atomic E-state index is 0.0174. The monoisotopic (exact) mass is 1200 g/mol. The van der Waals surface area contributed by atoms with Gasteiger partial charge in [-0.05, 0) is 50.9 Å². The molecule has 0 spiro atoms. The van der Waals surface area contributed by atoms with Crippen LogP contribution in [0.25, 0.3) is 0 Å². The number of benzene rings is 8. The summed E-state index contributed by atoms with van der Waals surface area (Å²) < 4.78 is 81.3. The van der Waals surface area contributed by atoms with Crippen LogP contribution in [-0.2, 0) is 119 Å². The van der Waals surface area contributed by atoms with E-state index in [-0.39, 0.29) is 72.5 Å². The summed E-state index contributed by atoms with van der Waals surface area (Å²) in [4.78, 5) is 30.9. The molecule has 2 aliphatic rings. The zero-order chi connectivity index (χ0) is 61.1. The van der Waals surface area contributed by atoms with E-state index in [0.717, 1.165) is 44.5 Å². The predicted octanol–water partition coefficient (Wildman–Crippen LogP) is 13.3. The molecule has 0 bridgehead atoms. The molecule has 0 aliphatic carbocycles. The van der Waals surface area contributed by atoms with Crippen molar-refractivity contribution in [3.8, 4) is 0 Å². The zero-order valence-electron chi connectivity index (χ0n) is 50.4. The topological polar surface area (TPSA) is 145 Å². The second-order valence-corrected chi connectivity index (χ2v) is 22.2. The van der Waals surface area contributed by atoms with Gasteiger partial charge in [-0.2, -0.15) is 0 Å². The number of carbonyl (C=O) groups is 2. The third-order valence-corrected chi connectivity index (χ3v) is 15.6. The Labute approximate surface area is 522 Å². The summed E-state index contributed by atoms with van der Waals surface area (Å²) in [5.41, 5.74) is 7.28. The van der Waals surface area contributed by atoms with Crippen LogP contribution in [0.2, 0.25) is 0 Å². The number of rotatable bonds is 33. The fourth-order valence-electron chi connectivity index (χ4n) is 10.8. The summed E-state index contributed by atoms with van der Waals surface area (Å²) in [6, 6.07) is 78.2. The first kappa shape index (κ1) is 64.3. The second kappa shape index (κ2) is 34.9. The SMILES string of the molecule is CCCCC(C(=O)OC1O[C@H](COCc2ccccc2)[C@@H](OCc2ccccc2)[C@H](OCc2ccccc2)[C@H]1OCc1ccccc1)C(=O)OC1O[C@H](COCc2ccccc2)[C@@H](OCc2ccccc2)[C@H](OCc2ccccc2)[C@H]1OCc1ccccc1. The lowest BCUT2D eigenvalue weighted by Crippen LogP contribution is -2.62. The van der Waals surface area contributed by atoms with E-state index in [1.807, 2.05) is 250 Å². The predicted molar refractivity (Wildman–Crippen MR) is 335 cm³/mol. The van der Waals surface area contributed by atoms with Gasteiger partial charge in [-0.25, -0.2) is 0 Å². The molecule has 2 saturated heterocycles. The molecule has 89 heavy (non-hydrogen) atoms. The molecule has 10 atom stereocenters. The fraction of sp³-hybridized carbons (Fsp3) is 0.333. The van der Waals surface area contributed by atoms with Crippen molar-refractivity contribution in [1.82, 2.24) is 0 Å². The Balaban J connectivity index is 0.979. The number of hydrogen-bond donors (Lipinski definition) is 0. The molecule has 0 radical (unpaired) electrons. The van der Waals surface area contributed by atoms with Crippen LogP contribution in [0.3, 0.4) is 0 Å². The maximum Gasteiger partial charge on any atom is 0.322 e. The van der Waals surface area contributed by atoms with Crippen LogP contribution < -0.4 is 0 Å². The molecule has 0 aromatic heterocycles. The normalized spacial score (nSPS) is 22.0. The van der Waals surface area contributed by atoms with E-state index in [2.05, 4.69) is 0 Å². The van der Waals surface area contributed by atoms with Crippen molar-refractivity contribution < 1.29 is 66.4 Å². The molecule has 10 rings (SSSR count). The van der Waals surface area contributed by atoms with Crippen molar-refractivity contribution in [3.63, 3.8) is 0 Å². The zero-order valence-corrected chi connectivity index (χ0v) is 50.4. The van der Waals surface area contributed by atoms with Crippen LogP contribution in [0.15, 0.2) is 243 Å². The smallest absolute Gasteiger partial charge is 0.322 e. The summed E-state index contributed by atoms with van der Waals surface area (Å²) in [6.07, 6.45) is -9.09. The molecule has 0 N–H and O–H groups in total. The highest BCUT2D eigenvalue weighted by Gasteiger charge is 2.53. The van der Waals surface area contributed by atoms with E-state index in [1.54, 1.807) is 0 Å². The van der Waals surface area contributed by atoms with Gasteiger partial charge in [0.15, 0.2) is 5.92 Å². The standard InChI is InChI=1S/C75H80O14/c1-2-3-44-63(72(76)88-74-70(84-51-61-40-24-10-25-41-61)68(82-49-59-36-20-8-21-37-59)66(80-47-57-32-16-6-17-33-57)64(86-74)53-78-45-55-28-12-4-13-29-55)73(77)89-75-71(85-52-62-42-26-11-27-43-62)69(83-50-60-38-22-9-23-39-60)67(81-48-58-34-18-7-19-35-58)65(87-75)54-79-46-56-30-14-5-15-31-56/h4-43,63-71,74-75H,2-3,44-54H2,1H3/t63?,64-,65-,66-,67-,68+,69+,70-,71-,74?,75?/m1/s1. The molecule has 0 amide bonds. The lowest BCUT2D eigenvalue weighted by atomic mass is 9.97. The lowest BCUT2D eigenvalue weighted by Gasteiger charge is -2.46. The van der Waals surface area contributed by atoms with Crippen LogP contribution >= 0.6 is 0 Å². The van der Waals surface area contributed by atoms with E-state index < -0.39 is 79.3 Å². The van der Waals surface area contributed by atoms with Gasteiger partial charge >= 0.3 is 11.9 Å². The minimum Gasteiger partial charge on any atom is -0.432 e. The quantitative estimate of drug-likeness (QED) is 0.0284. The first-order chi connectivity index (χ1) is 43.9. The molecule has 2 fully saturated rings. The fourth-order valence-corrected chi connectivity index (χ4v) is 10.8. The highest BCUT2D eigenvalue weighted by Crippen LogP contribution is 2.35. The first-order valence-electron chi connectivity index (χ1n) is 30.8. The highest BCUT2D eigenvalue weighted by molar-refractivity contribution is 5.95. The van der Waals surface area contributed by atoms with Crippen LogP contribution in [0.5, 0.6) is 0 Å². The van der Waals surface area contributed by atoms with Crippen molar-refractivity contribution in [1.29, 1.82) is 0 Å². The average molecular weight is 1210 g/mol. The van der Waals surface area contributed by atoms with Crippen LogP contribution in [0, 0.1) is 5.92 Å². The van der Waals surface area contributed by atoms with Gasteiger partial charge < -0.3 is 56.8 Å². The Hall–Kier alpha value is -7.70. The van der Waals surface area contributed by atoms with Crippen molar-refractivity contribution in [2.45, 2.75) is 140 Å². The molecule has 8 aromatic carbocycles. The van der Waals surface area contributed by atoms with Gasteiger partial charge in [-0.15, -0.1) is 0 Å². The Morgan fingerprint density at radius 2 is 0.562 bits per heavy atom. The number of esters is 2. The summed E-state index contributed by atoms with van der Waals surface area (Å²) in [6.45, 7) is 3.47. The van der Waals surface area contributed by atoms with Crippen molar-refractivity contribution in [2.75, 3.05) is 13.2 Å². The van der Waals surface area contributed by atoms with E-state index in [9.17, 15) is 0 Å². The summed E-state index contributed by atoms with van der Waals surface area (Å²) in [5, 5.41) is 0. The Morgan fingerprint density at radius 3 is 0.820 bits per heavy atom. The van der Waals surface area contributed by atoms with E-state index in [0.29, 0.717) is 12.8 Å². The molecule has 8 aromatic rings. The minimum atomic E-state index is -1.47. The van der Waals surface area contributed by atoms with Gasteiger partial charge in [0.05, 0.1) is 66.1 Å². The third kappa shape index (κ3) is 19.6. The van der Waals surface area contributed by atoms with Crippen molar-refractivity contribution in [3.05, 3.63) is 287 Å². The lowest BCUT2D eigenvalue weighted by molar-refractivity contribution is -0.324. The Bertz CT molecular complexity index is 3030. The molecule has 14 heteroatoms. The molecule has 14 nitrogen and oxygen atoms in total. The van der Waals surface area contributed by atoms with Gasteiger partial charge in [0.2, 0.25) is 12.6 Å². The van der Waals surface area contributed by atoms with Crippen LogP contribution in [-0.4, -0.2) is 86.6 Å². The average Bonchev–Trinajstić information content (AvgIpc) is 1.92. The van der Waals surface area contributed by atoms with Gasteiger partial charge in [0, 0.05) is 0 Å². The number of hydrogen-bond acceptors (Lipinski definition) is 14. The van der Waals surface area contributed by atoms with Crippen LogP contribution in [0.1, 0.15) is 70.7 Å². The highest BCUT2D eigenvalue weighted by atomic mass is 16.8. The molecule has 2 unspecified atom stereocenters. The number of ether oxygens (including phenoxy) is 12. The van der Waals surface area contributed by atoms with Gasteiger partial charge in [-0.1, -0.05) is 262 Å². The Kier molecular flexibility index (Phi) is 25.2. The van der Waals surface area contributed by atoms with E-state index >= 15 is 9.59 Å². The van der Waals surface area contributed by atoms with Gasteiger partial charge in [-0.3, -0.25) is 9.59 Å². The molecule has 464 valence electrons. The third-order valence-electron chi connectivity index (χ3n) is 15.6. The van der Waals surface area contributed by atoms with Gasteiger partial charge in [0.1, 0.15) is 48.8 Å². The maximum atomic E-state index is 15.4. The molecular weight excluding hydrogens is 1120 g/mol. The van der Waals surface area contributed by atoms with Crippen molar-refractivity contribution >= 4 is 11.9 Å². The summed E-state index contributed by atoms with van der Waals surface area (Å²) in [5.74, 6) is -3.26. The number of unbranched alkanes of at least 4 members (excludes halogenated alkanes) is 1. The van der Waals surface area contributed by atoms with E-state index in [1.165, 1.54) is 0 Å². The van der Waals surface area contributed by atoms with Gasteiger partial charge in [0.25, 0.3) is 0 Å². The Morgan fingerprint density at radius 1 is 0.326 bits per heavy atom. The molecule has 0 saturated carbocycles.